The van der Waals surface area contributed by atoms with Crippen LogP contribution in [0.25, 0.3) is 0 Å². The predicted octanol–water partition coefficient (Wildman–Crippen LogP) is 1.67. The van der Waals surface area contributed by atoms with E-state index in [0.717, 1.165) is 25.9 Å². The second-order valence-corrected chi connectivity index (χ2v) is 6.76. The van der Waals surface area contributed by atoms with Crippen LogP contribution in [0.4, 0.5) is 11.9 Å². The zero-order valence-corrected chi connectivity index (χ0v) is 15.9. The van der Waals surface area contributed by atoms with E-state index in [4.69, 9.17) is 0 Å². The molecule has 3 rings (SSSR count). The number of nitrogens with zero attached hydrogens (tertiary/aromatic N) is 5. The first kappa shape index (κ1) is 18.8. The highest BCUT2D eigenvalue weighted by Crippen LogP contribution is 2.18. The third-order valence-electron chi connectivity index (χ3n) is 4.41. The summed E-state index contributed by atoms with van der Waals surface area (Å²) < 4.78 is 0. The van der Waals surface area contributed by atoms with Gasteiger partial charge in [-0.3, -0.25) is 9.59 Å². The Hall–Kier alpha value is -3.03. The molecule has 2 heterocycles. The van der Waals surface area contributed by atoms with Gasteiger partial charge in [-0.25, -0.2) is 0 Å². The van der Waals surface area contributed by atoms with Gasteiger partial charge in [0.25, 0.3) is 5.91 Å². The number of benzene rings is 1. The first-order valence-corrected chi connectivity index (χ1v) is 9.00. The summed E-state index contributed by atoms with van der Waals surface area (Å²) in [5, 5.41) is 2.83. The molecule has 1 N–H and O–H groups in total. The standard InChI is InChI=1S/C19H24N6O2/c1-13(26)14-6-8-15(9-7-14)17(27)20-12-16-21-18(24(2)3)23-19(22-16)25-10-4-5-11-25/h6-9H,4-5,10-12H2,1-3H3,(H,20,27). The van der Waals surface area contributed by atoms with Crippen LogP contribution >= 0.6 is 0 Å². The van der Waals surface area contributed by atoms with Gasteiger partial charge in [0.15, 0.2) is 11.6 Å². The minimum absolute atomic E-state index is 0.0298. The second kappa shape index (κ2) is 8.11. The number of hydrogen-bond donors (Lipinski definition) is 1. The number of hydrogen-bond acceptors (Lipinski definition) is 7. The van der Waals surface area contributed by atoms with Crippen molar-refractivity contribution < 1.29 is 9.59 Å². The molecule has 0 aliphatic carbocycles. The zero-order chi connectivity index (χ0) is 19.4. The monoisotopic (exact) mass is 368 g/mol. The number of nitrogens with one attached hydrogen (secondary N) is 1. The van der Waals surface area contributed by atoms with Crippen LogP contribution in [0.1, 0.15) is 46.3 Å². The zero-order valence-electron chi connectivity index (χ0n) is 15.9. The number of aromatic nitrogens is 3. The van der Waals surface area contributed by atoms with Gasteiger partial charge in [-0.1, -0.05) is 12.1 Å². The Morgan fingerprint density at radius 1 is 1.04 bits per heavy atom. The number of carbonyl (C=O) groups is 2. The Labute approximate surface area is 158 Å². The molecule has 1 amide bonds. The maximum atomic E-state index is 12.4. The number of Topliss-reactive ketones (excluding diaryl/α,β-unsaturated/α-hetero) is 1. The maximum Gasteiger partial charge on any atom is 0.251 e. The molecule has 0 saturated carbocycles. The molecule has 0 radical (unpaired) electrons. The van der Waals surface area contributed by atoms with E-state index in [1.807, 2.05) is 19.0 Å². The van der Waals surface area contributed by atoms with Crippen molar-refractivity contribution in [1.29, 1.82) is 0 Å². The molecule has 142 valence electrons. The summed E-state index contributed by atoms with van der Waals surface area (Å²) in [6.07, 6.45) is 2.26. The lowest BCUT2D eigenvalue weighted by Gasteiger charge is -2.19. The molecule has 8 nitrogen and oxygen atoms in total. The van der Waals surface area contributed by atoms with Gasteiger partial charge in [-0.15, -0.1) is 0 Å². The first-order valence-electron chi connectivity index (χ1n) is 9.00. The highest BCUT2D eigenvalue weighted by atomic mass is 16.1. The van der Waals surface area contributed by atoms with Gasteiger partial charge in [0.05, 0.1) is 6.54 Å². The first-order chi connectivity index (χ1) is 12.9. The van der Waals surface area contributed by atoms with Crippen molar-refractivity contribution >= 4 is 23.6 Å². The fourth-order valence-corrected chi connectivity index (χ4v) is 2.85. The highest BCUT2D eigenvalue weighted by molar-refractivity contribution is 5.97. The minimum Gasteiger partial charge on any atom is -0.347 e. The van der Waals surface area contributed by atoms with Crippen LogP contribution in [0.3, 0.4) is 0 Å². The lowest BCUT2D eigenvalue weighted by Crippen LogP contribution is -2.27. The number of rotatable bonds is 6. The van der Waals surface area contributed by atoms with E-state index in [0.29, 0.717) is 28.8 Å². The molecule has 1 saturated heterocycles. The molecule has 2 aromatic rings. The van der Waals surface area contributed by atoms with Crippen LogP contribution in [-0.4, -0.2) is 53.8 Å². The van der Waals surface area contributed by atoms with Crippen LogP contribution in [0, 0.1) is 0 Å². The number of carbonyl (C=O) groups excluding carboxylic acids is 2. The Balaban J connectivity index is 1.72. The Kier molecular flexibility index (Phi) is 5.63. The van der Waals surface area contributed by atoms with Crippen LogP contribution in [-0.2, 0) is 6.54 Å². The molecule has 1 fully saturated rings. The van der Waals surface area contributed by atoms with E-state index < -0.39 is 0 Å². The lowest BCUT2D eigenvalue weighted by atomic mass is 10.1. The summed E-state index contributed by atoms with van der Waals surface area (Å²) in [6.45, 7) is 3.57. The largest absolute Gasteiger partial charge is 0.347 e. The van der Waals surface area contributed by atoms with Crippen molar-refractivity contribution in [2.24, 2.45) is 0 Å². The highest BCUT2D eigenvalue weighted by Gasteiger charge is 2.18. The van der Waals surface area contributed by atoms with Crippen molar-refractivity contribution in [3.63, 3.8) is 0 Å². The SMILES string of the molecule is CC(=O)c1ccc(C(=O)NCc2nc(N(C)C)nc(N3CCCC3)n2)cc1. The van der Waals surface area contributed by atoms with E-state index in [1.54, 1.807) is 24.3 Å². The van der Waals surface area contributed by atoms with Crippen molar-refractivity contribution in [3.8, 4) is 0 Å². The summed E-state index contributed by atoms with van der Waals surface area (Å²) in [6, 6.07) is 6.58. The summed E-state index contributed by atoms with van der Waals surface area (Å²) in [4.78, 5) is 41.1. The van der Waals surface area contributed by atoms with Gasteiger partial charge < -0.3 is 15.1 Å². The third-order valence-corrected chi connectivity index (χ3v) is 4.41. The van der Waals surface area contributed by atoms with Gasteiger partial charge in [0.1, 0.15) is 0 Å². The van der Waals surface area contributed by atoms with E-state index in [2.05, 4.69) is 25.2 Å². The summed E-state index contributed by atoms with van der Waals surface area (Å²) in [7, 11) is 3.75. The lowest BCUT2D eigenvalue weighted by molar-refractivity contribution is 0.0947. The van der Waals surface area contributed by atoms with Gasteiger partial charge in [0, 0.05) is 38.3 Å². The molecule has 0 bridgehead atoms. The Morgan fingerprint density at radius 3 is 2.26 bits per heavy atom. The van der Waals surface area contributed by atoms with Crippen LogP contribution in [0.15, 0.2) is 24.3 Å². The molecule has 0 unspecified atom stereocenters. The van der Waals surface area contributed by atoms with E-state index in [-0.39, 0.29) is 18.2 Å². The molecule has 1 aromatic carbocycles. The molecule has 8 heteroatoms. The number of amides is 1. The summed E-state index contributed by atoms with van der Waals surface area (Å²) in [5.41, 5.74) is 1.07. The molecule has 1 aromatic heterocycles. The van der Waals surface area contributed by atoms with Gasteiger partial charge >= 0.3 is 0 Å². The van der Waals surface area contributed by atoms with Gasteiger partial charge in [-0.2, -0.15) is 15.0 Å². The fraction of sp³-hybridized carbons (Fsp3) is 0.421. The molecule has 1 aliphatic rings. The predicted molar refractivity (Wildman–Crippen MR) is 103 cm³/mol. The normalized spacial score (nSPS) is 13.5. The number of ketones is 1. The van der Waals surface area contributed by atoms with E-state index in [1.165, 1.54) is 6.92 Å². The molecular formula is C19H24N6O2. The fourth-order valence-electron chi connectivity index (χ4n) is 2.85. The number of anilines is 2. The topological polar surface area (TPSA) is 91.3 Å². The van der Waals surface area contributed by atoms with Crippen molar-refractivity contribution in [2.75, 3.05) is 37.0 Å². The molecule has 0 atom stereocenters. The van der Waals surface area contributed by atoms with Crippen LogP contribution in [0.5, 0.6) is 0 Å². The van der Waals surface area contributed by atoms with Gasteiger partial charge in [0.2, 0.25) is 11.9 Å². The molecule has 0 spiro atoms. The van der Waals surface area contributed by atoms with E-state index >= 15 is 0 Å². The molecule has 27 heavy (non-hydrogen) atoms. The van der Waals surface area contributed by atoms with Crippen molar-refractivity contribution in [3.05, 3.63) is 41.2 Å². The smallest absolute Gasteiger partial charge is 0.251 e. The van der Waals surface area contributed by atoms with Crippen molar-refractivity contribution in [2.45, 2.75) is 26.3 Å². The maximum absolute atomic E-state index is 12.4. The Morgan fingerprint density at radius 2 is 1.67 bits per heavy atom. The average molecular weight is 368 g/mol. The summed E-state index contributed by atoms with van der Waals surface area (Å²) in [5.74, 6) is 1.48. The van der Waals surface area contributed by atoms with Crippen LogP contribution < -0.4 is 15.1 Å². The molecule has 1 aliphatic heterocycles. The summed E-state index contributed by atoms with van der Waals surface area (Å²) >= 11 is 0. The quantitative estimate of drug-likeness (QED) is 0.776. The Bertz CT molecular complexity index is 829. The minimum atomic E-state index is -0.236. The van der Waals surface area contributed by atoms with E-state index in [9.17, 15) is 9.59 Å². The third kappa shape index (κ3) is 4.58. The van der Waals surface area contributed by atoms with Crippen molar-refractivity contribution in [1.82, 2.24) is 20.3 Å². The molecular weight excluding hydrogens is 344 g/mol. The van der Waals surface area contributed by atoms with Crippen LogP contribution in [0.2, 0.25) is 0 Å². The van der Waals surface area contributed by atoms with Gasteiger partial charge in [-0.05, 0) is 31.9 Å². The second-order valence-electron chi connectivity index (χ2n) is 6.76. The average Bonchev–Trinajstić information content (AvgIpc) is 3.20.